The van der Waals surface area contributed by atoms with Gasteiger partial charge in [0, 0.05) is 24.7 Å². The van der Waals surface area contributed by atoms with Gasteiger partial charge in [0.25, 0.3) is 0 Å². The van der Waals surface area contributed by atoms with Crippen molar-refractivity contribution in [3.8, 4) is 11.4 Å². The second-order valence-corrected chi connectivity index (χ2v) is 12.9. The molecule has 0 radical (unpaired) electrons. The molecule has 1 aromatic carbocycles. The van der Waals surface area contributed by atoms with Gasteiger partial charge in [-0.25, -0.2) is 9.67 Å². The molecule has 1 aromatic heterocycles. The number of aromatic nitrogens is 3. The topological polar surface area (TPSA) is 39.9 Å². The average Bonchev–Trinajstić information content (AvgIpc) is 2.85. The van der Waals surface area contributed by atoms with Gasteiger partial charge in [-0.3, -0.25) is 0 Å². The molecule has 0 unspecified atom stereocenters. The van der Waals surface area contributed by atoms with E-state index in [-0.39, 0.29) is 0 Å². The Morgan fingerprint density at radius 3 is 2.71 bits per heavy atom. The first kappa shape index (κ1) is 16.4. The second kappa shape index (κ2) is 6.85. The van der Waals surface area contributed by atoms with Crippen molar-refractivity contribution in [2.75, 3.05) is 6.61 Å². The molecule has 21 heavy (non-hydrogen) atoms. The third-order valence-corrected chi connectivity index (χ3v) is 5.84. The molecule has 4 nitrogen and oxygen atoms in total. The summed E-state index contributed by atoms with van der Waals surface area (Å²) in [6, 6.07) is 7.34. The number of halogens is 1. The SMILES string of the molecule is Cc1cc(-c2ncnn2COCC[Si](C)(C)C)ccc1Br. The lowest BCUT2D eigenvalue weighted by Crippen LogP contribution is -2.22. The summed E-state index contributed by atoms with van der Waals surface area (Å²) >= 11 is 3.52. The third-order valence-electron chi connectivity index (χ3n) is 3.24. The number of rotatable bonds is 6. The van der Waals surface area contributed by atoms with Gasteiger partial charge in [-0.2, -0.15) is 5.10 Å². The molecule has 2 rings (SSSR count). The normalized spacial score (nSPS) is 11.9. The van der Waals surface area contributed by atoms with Gasteiger partial charge in [0.2, 0.25) is 0 Å². The molecule has 0 saturated carbocycles. The van der Waals surface area contributed by atoms with E-state index in [1.165, 1.54) is 5.56 Å². The van der Waals surface area contributed by atoms with Crippen molar-refractivity contribution in [2.45, 2.75) is 39.3 Å². The van der Waals surface area contributed by atoms with Gasteiger partial charge in [-0.1, -0.05) is 41.6 Å². The summed E-state index contributed by atoms with van der Waals surface area (Å²) in [5.74, 6) is 0.846. The van der Waals surface area contributed by atoms with E-state index >= 15 is 0 Å². The van der Waals surface area contributed by atoms with Crippen LogP contribution in [0.3, 0.4) is 0 Å². The molecule has 0 spiro atoms. The highest BCUT2D eigenvalue weighted by Crippen LogP contribution is 2.23. The van der Waals surface area contributed by atoms with Crippen LogP contribution >= 0.6 is 15.9 Å². The molecule has 0 N–H and O–H groups in total. The van der Waals surface area contributed by atoms with Crippen molar-refractivity contribution >= 4 is 24.0 Å². The standard InChI is InChI=1S/C15H22BrN3OSi/c1-12-9-13(5-6-14(12)16)15-17-10-18-19(15)11-20-7-8-21(2,3)4/h5-6,9-10H,7-8,11H2,1-4H3. The third kappa shape index (κ3) is 4.76. The van der Waals surface area contributed by atoms with E-state index in [1.807, 2.05) is 16.8 Å². The predicted molar refractivity (Wildman–Crippen MR) is 92.0 cm³/mol. The Hall–Kier alpha value is -0.983. The molecule has 0 aliphatic rings. The molecule has 2 aromatic rings. The van der Waals surface area contributed by atoms with Crippen molar-refractivity contribution < 1.29 is 4.74 Å². The molecule has 0 fully saturated rings. The Kier molecular flexibility index (Phi) is 5.35. The Morgan fingerprint density at radius 1 is 1.29 bits per heavy atom. The van der Waals surface area contributed by atoms with E-state index in [1.54, 1.807) is 6.33 Å². The monoisotopic (exact) mass is 367 g/mol. The highest BCUT2D eigenvalue weighted by atomic mass is 79.9. The quantitative estimate of drug-likeness (QED) is 0.563. The van der Waals surface area contributed by atoms with Crippen LogP contribution in [0.5, 0.6) is 0 Å². The first-order chi connectivity index (χ1) is 9.87. The lowest BCUT2D eigenvalue weighted by Gasteiger charge is -2.15. The van der Waals surface area contributed by atoms with Crippen LogP contribution in [-0.4, -0.2) is 29.4 Å². The maximum absolute atomic E-state index is 5.76. The summed E-state index contributed by atoms with van der Waals surface area (Å²) in [6.45, 7) is 10.4. The van der Waals surface area contributed by atoms with E-state index in [9.17, 15) is 0 Å². The minimum absolute atomic E-state index is 0.453. The molecule has 1 heterocycles. The van der Waals surface area contributed by atoms with Crippen LogP contribution in [-0.2, 0) is 11.5 Å². The Morgan fingerprint density at radius 2 is 2.05 bits per heavy atom. The van der Waals surface area contributed by atoms with Gasteiger partial charge in [0.15, 0.2) is 5.82 Å². The number of benzene rings is 1. The minimum atomic E-state index is -1.05. The number of nitrogens with zero attached hydrogens (tertiary/aromatic N) is 3. The van der Waals surface area contributed by atoms with Gasteiger partial charge in [0.1, 0.15) is 13.1 Å². The van der Waals surface area contributed by atoms with Crippen LogP contribution in [0.2, 0.25) is 25.7 Å². The fourth-order valence-electron chi connectivity index (χ4n) is 1.90. The van der Waals surface area contributed by atoms with Gasteiger partial charge in [-0.05, 0) is 30.7 Å². The van der Waals surface area contributed by atoms with Gasteiger partial charge in [-0.15, -0.1) is 0 Å². The van der Waals surface area contributed by atoms with E-state index in [2.05, 4.69) is 58.6 Å². The Bertz CT molecular complexity index is 607. The first-order valence-electron chi connectivity index (χ1n) is 7.09. The second-order valence-electron chi connectivity index (χ2n) is 6.40. The molecular formula is C15H22BrN3OSi. The molecule has 0 aliphatic carbocycles. The Labute approximate surface area is 135 Å². The first-order valence-corrected chi connectivity index (χ1v) is 11.6. The summed E-state index contributed by atoms with van der Waals surface area (Å²) in [7, 11) is -1.05. The summed E-state index contributed by atoms with van der Waals surface area (Å²) < 4.78 is 8.67. The lowest BCUT2D eigenvalue weighted by atomic mass is 10.1. The van der Waals surface area contributed by atoms with Crippen molar-refractivity contribution in [3.05, 3.63) is 34.6 Å². The van der Waals surface area contributed by atoms with Crippen LogP contribution < -0.4 is 0 Å². The van der Waals surface area contributed by atoms with Crippen LogP contribution in [0.15, 0.2) is 29.0 Å². The van der Waals surface area contributed by atoms with E-state index in [0.717, 1.165) is 28.5 Å². The molecule has 0 saturated heterocycles. The van der Waals surface area contributed by atoms with E-state index in [4.69, 9.17) is 4.74 Å². The molecule has 6 heteroatoms. The molecule has 0 bridgehead atoms. The molecule has 0 atom stereocenters. The minimum Gasteiger partial charge on any atom is -0.359 e. The van der Waals surface area contributed by atoms with Crippen LogP contribution in [0, 0.1) is 6.92 Å². The van der Waals surface area contributed by atoms with Crippen LogP contribution in [0.4, 0.5) is 0 Å². The van der Waals surface area contributed by atoms with E-state index < -0.39 is 8.07 Å². The highest BCUT2D eigenvalue weighted by molar-refractivity contribution is 9.10. The van der Waals surface area contributed by atoms with E-state index in [0.29, 0.717) is 6.73 Å². The summed E-state index contributed by atoms with van der Waals surface area (Å²) in [4.78, 5) is 4.35. The largest absolute Gasteiger partial charge is 0.359 e. The molecule has 114 valence electrons. The van der Waals surface area contributed by atoms with Gasteiger partial charge in [0.05, 0.1) is 0 Å². The molecule has 0 amide bonds. The smallest absolute Gasteiger partial charge is 0.160 e. The lowest BCUT2D eigenvalue weighted by molar-refractivity contribution is 0.0796. The summed E-state index contributed by atoms with van der Waals surface area (Å²) in [5, 5.41) is 4.26. The maximum Gasteiger partial charge on any atom is 0.160 e. The zero-order chi connectivity index (χ0) is 15.5. The number of ether oxygens (including phenoxy) is 1. The number of hydrogen-bond acceptors (Lipinski definition) is 3. The van der Waals surface area contributed by atoms with Crippen molar-refractivity contribution in [2.24, 2.45) is 0 Å². The van der Waals surface area contributed by atoms with Crippen LogP contribution in [0.1, 0.15) is 5.56 Å². The maximum atomic E-state index is 5.76. The van der Waals surface area contributed by atoms with Crippen molar-refractivity contribution in [3.63, 3.8) is 0 Å². The number of hydrogen-bond donors (Lipinski definition) is 0. The fourth-order valence-corrected chi connectivity index (χ4v) is 2.90. The van der Waals surface area contributed by atoms with Crippen molar-refractivity contribution in [1.82, 2.24) is 14.8 Å². The highest BCUT2D eigenvalue weighted by Gasteiger charge is 2.13. The zero-order valence-electron chi connectivity index (χ0n) is 13.1. The zero-order valence-corrected chi connectivity index (χ0v) is 15.6. The van der Waals surface area contributed by atoms with Gasteiger partial charge >= 0.3 is 0 Å². The van der Waals surface area contributed by atoms with Crippen molar-refractivity contribution in [1.29, 1.82) is 0 Å². The summed E-state index contributed by atoms with van der Waals surface area (Å²) in [5.41, 5.74) is 2.24. The fraction of sp³-hybridized carbons (Fsp3) is 0.467. The molecule has 0 aliphatic heterocycles. The van der Waals surface area contributed by atoms with Crippen LogP contribution in [0.25, 0.3) is 11.4 Å². The number of aryl methyl sites for hydroxylation is 1. The molecular weight excluding hydrogens is 346 g/mol. The average molecular weight is 368 g/mol. The summed E-state index contributed by atoms with van der Waals surface area (Å²) in [6.07, 6.45) is 1.58. The predicted octanol–water partition coefficient (Wildman–Crippen LogP) is 4.33. The Balaban J connectivity index is 2.03. The van der Waals surface area contributed by atoms with Gasteiger partial charge < -0.3 is 4.74 Å².